The molecule has 1 saturated heterocycles. The minimum Gasteiger partial charge on any atom is -0.493 e. The van der Waals surface area contributed by atoms with Crippen molar-refractivity contribution < 1.29 is 4.74 Å². The molecular weight excluding hydrogens is 462 g/mol. The summed E-state index contributed by atoms with van der Waals surface area (Å²) in [6, 6.07) is 0. The van der Waals surface area contributed by atoms with Crippen molar-refractivity contribution in [3.8, 4) is 0 Å². The van der Waals surface area contributed by atoms with Crippen LogP contribution in [0.3, 0.4) is 0 Å². The summed E-state index contributed by atoms with van der Waals surface area (Å²) in [5.41, 5.74) is 5.24. The Hall–Kier alpha value is -2.58. The van der Waals surface area contributed by atoms with Crippen LogP contribution in [-0.4, -0.2) is 31.1 Å². The third-order valence-corrected chi connectivity index (χ3v) is 5.14. The fourth-order valence-electron chi connectivity index (χ4n) is 3.47. The van der Waals surface area contributed by atoms with E-state index in [1.54, 1.807) is 6.08 Å². The number of ether oxygens (including phenoxy) is 1. The minimum atomic E-state index is 0.657. The Morgan fingerprint density at radius 3 is 1.84 bits per heavy atom. The summed E-state index contributed by atoms with van der Waals surface area (Å²) in [5.74, 6) is 0.657. The van der Waals surface area contributed by atoms with E-state index in [-0.39, 0.29) is 0 Å². The highest BCUT2D eigenvalue weighted by atomic mass is 16.5. The number of rotatable bonds is 13. The molecule has 1 rings (SSSR count). The lowest BCUT2D eigenvalue weighted by Gasteiger charge is -2.16. The van der Waals surface area contributed by atoms with E-state index in [2.05, 4.69) is 63.3 Å². The maximum absolute atomic E-state index is 5.80. The summed E-state index contributed by atoms with van der Waals surface area (Å²) < 4.78 is 5.80. The molecular formula is C36H63NO. The number of allylic oxidation sites excluding steroid dienone is 13. The van der Waals surface area contributed by atoms with Gasteiger partial charge in [0.2, 0.25) is 0 Å². The second-order valence-corrected chi connectivity index (χ2v) is 7.34. The van der Waals surface area contributed by atoms with Gasteiger partial charge in [-0.1, -0.05) is 131 Å². The van der Waals surface area contributed by atoms with Crippen LogP contribution < -0.4 is 0 Å². The van der Waals surface area contributed by atoms with E-state index in [1.807, 2.05) is 86.6 Å². The van der Waals surface area contributed by atoms with Gasteiger partial charge in [-0.05, 0) is 80.1 Å². The number of nitrogens with zero attached hydrogens (tertiary/aromatic N) is 1. The molecule has 0 aromatic heterocycles. The molecule has 0 atom stereocenters. The quantitative estimate of drug-likeness (QED) is 0.175. The Labute approximate surface area is 239 Å². The average Bonchev–Trinajstić information content (AvgIpc) is 3.50. The van der Waals surface area contributed by atoms with Crippen LogP contribution in [-0.2, 0) is 4.74 Å². The predicted molar refractivity (Wildman–Crippen MR) is 179 cm³/mol. The van der Waals surface area contributed by atoms with Gasteiger partial charge in [-0.15, -0.1) is 0 Å². The van der Waals surface area contributed by atoms with Gasteiger partial charge >= 0.3 is 0 Å². The first-order chi connectivity index (χ1) is 18.5. The standard InChI is InChI=1S/C28H39NO.4C2H6/c1-8-12-16-27(11-4)28(25(7)26(10-3)15-9-2)23(5)17-18-24(6)30-22-21-29-19-13-14-20-29;4*1-2/h9-12,15-18H,2-3,5-6,8,13-14,19-22H2,1,4,7H3;4*1-2H3/b16-12-,18-17-,26-15+,27-11+,28-25+;;;;. The summed E-state index contributed by atoms with van der Waals surface area (Å²) in [6.07, 6.45) is 19.5. The highest BCUT2D eigenvalue weighted by Crippen LogP contribution is 2.29. The lowest BCUT2D eigenvalue weighted by atomic mass is 9.89. The van der Waals surface area contributed by atoms with E-state index >= 15 is 0 Å². The van der Waals surface area contributed by atoms with Crippen LogP contribution in [0, 0.1) is 0 Å². The molecule has 0 amide bonds. The molecule has 2 nitrogen and oxygen atoms in total. The molecule has 0 unspecified atom stereocenters. The summed E-state index contributed by atoms with van der Waals surface area (Å²) in [6.45, 7) is 42.4. The van der Waals surface area contributed by atoms with E-state index in [0.29, 0.717) is 12.4 Å². The molecule has 0 radical (unpaired) electrons. The molecule has 0 aromatic rings. The zero-order valence-electron chi connectivity index (χ0n) is 27.3. The fourth-order valence-corrected chi connectivity index (χ4v) is 3.47. The number of likely N-dealkylation sites (tertiary alicyclic amines) is 1. The van der Waals surface area contributed by atoms with Gasteiger partial charge in [-0.3, -0.25) is 4.90 Å². The van der Waals surface area contributed by atoms with Crippen molar-refractivity contribution in [1.82, 2.24) is 4.90 Å². The van der Waals surface area contributed by atoms with Crippen LogP contribution in [0.5, 0.6) is 0 Å². The topological polar surface area (TPSA) is 12.5 Å². The van der Waals surface area contributed by atoms with Gasteiger partial charge < -0.3 is 4.74 Å². The smallest absolute Gasteiger partial charge is 0.112 e. The Bertz CT molecular complexity index is 765. The molecule has 1 aliphatic rings. The SMILES string of the molecule is C=C/C=C(C=C)/C(C)=C(C(=C)/C=C\C(=C)OCCN1CCCC1)/C(/C=C\CC)=C/C.CC.CC.CC.CC. The maximum atomic E-state index is 5.80. The zero-order chi connectivity index (χ0) is 30.4. The molecule has 218 valence electrons. The van der Waals surface area contributed by atoms with Crippen molar-refractivity contribution in [3.63, 3.8) is 0 Å². The highest BCUT2D eigenvalue weighted by molar-refractivity contribution is 5.62. The summed E-state index contributed by atoms with van der Waals surface area (Å²) in [5, 5.41) is 0. The second-order valence-electron chi connectivity index (χ2n) is 7.34. The first-order valence-corrected chi connectivity index (χ1v) is 14.9. The van der Waals surface area contributed by atoms with Gasteiger partial charge in [0.15, 0.2) is 0 Å². The molecule has 2 heteroatoms. The van der Waals surface area contributed by atoms with Gasteiger partial charge in [0.25, 0.3) is 0 Å². The second kappa shape index (κ2) is 32.4. The predicted octanol–water partition coefficient (Wildman–Crippen LogP) is 11.4. The van der Waals surface area contributed by atoms with E-state index < -0.39 is 0 Å². The van der Waals surface area contributed by atoms with Crippen LogP contribution in [0.4, 0.5) is 0 Å². The third-order valence-electron chi connectivity index (χ3n) is 5.14. The Morgan fingerprint density at radius 2 is 1.39 bits per heavy atom. The molecule has 0 bridgehead atoms. The fraction of sp³-hybridized carbons (Fsp3) is 0.500. The van der Waals surface area contributed by atoms with Gasteiger partial charge in [-0.2, -0.15) is 0 Å². The van der Waals surface area contributed by atoms with Crippen molar-refractivity contribution >= 4 is 0 Å². The van der Waals surface area contributed by atoms with Crippen molar-refractivity contribution in [2.75, 3.05) is 26.2 Å². The van der Waals surface area contributed by atoms with Crippen molar-refractivity contribution in [2.24, 2.45) is 0 Å². The van der Waals surface area contributed by atoms with Crippen molar-refractivity contribution in [3.05, 3.63) is 109 Å². The molecule has 1 fully saturated rings. The molecule has 38 heavy (non-hydrogen) atoms. The summed E-state index contributed by atoms with van der Waals surface area (Å²) in [7, 11) is 0. The van der Waals surface area contributed by atoms with Crippen LogP contribution >= 0.6 is 0 Å². The van der Waals surface area contributed by atoms with Gasteiger partial charge in [0.05, 0.1) is 0 Å². The number of hydrogen-bond acceptors (Lipinski definition) is 2. The van der Waals surface area contributed by atoms with Crippen LogP contribution in [0.1, 0.15) is 95.4 Å². The first-order valence-electron chi connectivity index (χ1n) is 14.9. The van der Waals surface area contributed by atoms with Crippen LogP contribution in [0.2, 0.25) is 0 Å². The molecule has 0 saturated carbocycles. The Morgan fingerprint density at radius 1 is 0.842 bits per heavy atom. The molecule has 0 N–H and O–H groups in total. The summed E-state index contributed by atoms with van der Waals surface area (Å²) in [4.78, 5) is 2.43. The molecule has 1 heterocycles. The summed E-state index contributed by atoms with van der Waals surface area (Å²) >= 11 is 0. The Balaban J connectivity index is -0.000000656. The van der Waals surface area contributed by atoms with E-state index in [1.165, 1.54) is 25.9 Å². The van der Waals surface area contributed by atoms with Crippen LogP contribution in [0.25, 0.3) is 0 Å². The molecule has 0 aliphatic carbocycles. The normalized spacial score (nSPS) is 13.9. The zero-order valence-corrected chi connectivity index (χ0v) is 27.3. The lowest BCUT2D eigenvalue weighted by molar-refractivity contribution is 0.181. The van der Waals surface area contributed by atoms with Crippen molar-refractivity contribution in [2.45, 2.75) is 95.4 Å². The van der Waals surface area contributed by atoms with Crippen molar-refractivity contribution in [1.29, 1.82) is 0 Å². The first kappa shape index (κ1) is 42.5. The van der Waals surface area contributed by atoms with E-state index in [9.17, 15) is 0 Å². The van der Waals surface area contributed by atoms with E-state index in [4.69, 9.17) is 4.74 Å². The monoisotopic (exact) mass is 525 g/mol. The largest absolute Gasteiger partial charge is 0.493 e. The van der Waals surface area contributed by atoms with Crippen LogP contribution in [0.15, 0.2) is 109 Å². The van der Waals surface area contributed by atoms with Gasteiger partial charge in [-0.25, -0.2) is 0 Å². The Kier molecular flexibility index (Phi) is 36.3. The molecule has 1 aliphatic heterocycles. The average molecular weight is 526 g/mol. The molecule has 0 aromatic carbocycles. The maximum Gasteiger partial charge on any atom is 0.112 e. The number of hydrogen-bond donors (Lipinski definition) is 0. The highest BCUT2D eigenvalue weighted by Gasteiger charge is 2.12. The van der Waals surface area contributed by atoms with Gasteiger partial charge in [0, 0.05) is 6.54 Å². The third kappa shape index (κ3) is 19.5. The van der Waals surface area contributed by atoms with E-state index in [0.717, 1.165) is 40.8 Å². The molecule has 0 spiro atoms. The lowest BCUT2D eigenvalue weighted by Crippen LogP contribution is -2.23. The minimum absolute atomic E-state index is 0.657. The van der Waals surface area contributed by atoms with Gasteiger partial charge in [0.1, 0.15) is 12.4 Å².